The first-order valence-electron chi connectivity index (χ1n) is 19.1. The van der Waals surface area contributed by atoms with Gasteiger partial charge in [0.25, 0.3) is 0 Å². The first-order valence-corrected chi connectivity index (χ1v) is 33.6. The van der Waals surface area contributed by atoms with E-state index < -0.39 is 23.9 Å². The number of hydrogen-bond acceptors (Lipinski definition) is 0. The Bertz CT molecular complexity index is 2180. The van der Waals surface area contributed by atoms with Gasteiger partial charge in [-0.15, -0.1) is 0 Å². The molecule has 0 amide bonds. The first-order chi connectivity index (χ1) is 25.0. The summed E-state index contributed by atoms with van der Waals surface area (Å²) in [5.41, 5.74) is 16.0. The van der Waals surface area contributed by atoms with Gasteiger partial charge in [-0.1, -0.05) is 0 Å². The average Bonchev–Trinajstić information content (AvgIpc) is 3.69. The van der Waals surface area contributed by atoms with Crippen LogP contribution in [-0.4, -0.2) is 5.92 Å². The molecular formula is C50H51SiZr. The third kappa shape index (κ3) is 4.73. The van der Waals surface area contributed by atoms with Gasteiger partial charge in [0.05, 0.1) is 0 Å². The van der Waals surface area contributed by atoms with E-state index in [1.54, 1.807) is 6.56 Å². The molecule has 0 bridgehead atoms. The van der Waals surface area contributed by atoms with Crippen molar-refractivity contribution in [1.29, 1.82) is 0 Å². The first kappa shape index (κ1) is 35.0. The van der Waals surface area contributed by atoms with Gasteiger partial charge >= 0.3 is 316 Å². The monoisotopic (exact) mass is 769 g/mol. The van der Waals surface area contributed by atoms with Gasteiger partial charge in [0.1, 0.15) is 0 Å². The molecule has 0 atom stereocenters. The van der Waals surface area contributed by atoms with Crippen LogP contribution in [0.1, 0.15) is 66.8 Å². The summed E-state index contributed by atoms with van der Waals surface area (Å²) in [7, 11) is 0. The molecular weight excluding hydrogens is 720 g/mol. The van der Waals surface area contributed by atoms with Crippen LogP contribution in [0.4, 0.5) is 0 Å². The molecule has 0 radical (unpaired) electrons. The summed E-state index contributed by atoms with van der Waals surface area (Å²) in [6, 6.07) is 55.5. The Balaban J connectivity index is 1.53. The van der Waals surface area contributed by atoms with Crippen molar-refractivity contribution in [3.8, 4) is 0 Å². The molecule has 6 aromatic rings. The van der Waals surface area contributed by atoms with E-state index >= 15 is 0 Å². The molecule has 0 spiro atoms. The Kier molecular flexibility index (Phi) is 8.40. The number of benzene rings is 6. The second-order valence-electron chi connectivity index (χ2n) is 16.7. The van der Waals surface area contributed by atoms with Gasteiger partial charge in [0, 0.05) is 0 Å². The number of aryl methyl sites for hydroxylation is 4. The summed E-state index contributed by atoms with van der Waals surface area (Å²) < 4.78 is 8.97. The SMILES string of the molecule is Cc1ccccc1C1(c2ccccc2C)C=[C]([Zr]([CH3])([CH3])([C]2=CC(c3ccccc3C)(c3ccccc3C)c3ccccc32)[SiH](C)C)c2ccccc21. The van der Waals surface area contributed by atoms with Gasteiger partial charge in [0.2, 0.25) is 0 Å². The molecule has 52 heavy (non-hydrogen) atoms. The maximum absolute atomic E-state index is 4.25. The van der Waals surface area contributed by atoms with Crippen molar-refractivity contribution in [2.45, 2.75) is 60.9 Å². The zero-order valence-corrected chi connectivity index (χ0v) is 35.7. The Labute approximate surface area is 313 Å². The third-order valence-corrected chi connectivity index (χ3v) is 56.5. The van der Waals surface area contributed by atoms with Crippen molar-refractivity contribution in [3.05, 3.63) is 225 Å². The fourth-order valence-electron chi connectivity index (χ4n) is 10.2. The molecule has 6 aromatic carbocycles. The molecule has 0 N–H and O–H groups in total. The molecule has 0 aromatic heterocycles. The van der Waals surface area contributed by atoms with Crippen LogP contribution in [0.25, 0.3) is 6.56 Å². The molecule has 2 heteroatoms. The predicted octanol–water partition coefficient (Wildman–Crippen LogP) is 12.8. The summed E-state index contributed by atoms with van der Waals surface area (Å²) in [4.78, 5) is 0. The normalized spacial score (nSPS) is 16.4. The van der Waals surface area contributed by atoms with Crippen molar-refractivity contribution >= 4 is 12.5 Å². The molecule has 0 fully saturated rings. The summed E-state index contributed by atoms with van der Waals surface area (Å²) in [5.74, 6) is -1.41. The van der Waals surface area contributed by atoms with Crippen LogP contribution < -0.4 is 0 Å². The van der Waals surface area contributed by atoms with E-state index in [2.05, 4.69) is 208 Å². The van der Waals surface area contributed by atoms with Crippen LogP contribution in [0.15, 0.2) is 158 Å². The van der Waals surface area contributed by atoms with E-state index in [1.807, 2.05) is 0 Å². The minimum absolute atomic E-state index is 0.380. The van der Waals surface area contributed by atoms with Gasteiger partial charge in [0.15, 0.2) is 0 Å². The van der Waals surface area contributed by atoms with Crippen molar-refractivity contribution in [3.63, 3.8) is 0 Å². The molecule has 259 valence electrons. The zero-order valence-electron chi connectivity index (χ0n) is 32.1. The molecule has 0 unspecified atom stereocenters. The van der Waals surface area contributed by atoms with E-state index in [9.17, 15) is 0 Å². The quantitative estimate of drug-likeness (QED) is 0.142. The van der Waals surface area contributed by atoms with Gasteiger partial charge < -0.3 is 0 Å². The Hall–Kier alpha value is -4.10. The fraction of sp³-hybridized carbons (Fsp3) is 0.200. The third-order valence-electron chi connectivity index (χ3n) is 13.7. The van der Waals surface area contributed by atoms with Crippen LogP contribution in [0.5, 0.6) is 0 Å². The van der Waals surface area contributed by atoms with E-state index in [4.69, 9.17) is 0 Å². The Morgan fingerprint density at radius 3 is 0.885 bits per heavy atom. The molecule has 2 aliphatic rings. The van der Waals surface area contributed by atoms with Crippen molar-refractivity contribution in [2.75, 3.05) is 0 Å². The topological polar surface area (TPSA) is 0 Å². The van der Waals surface area contributed by atoms with E-state index in [0.717, 1.165) is 0 Å². The molecule has 8 rings (SSSR count). The minimum atomic E-state index is -4.25. The van der Waals surface area contributed by atoms with Gasteiger partial charge in [-0.2, -0.15) is 0 Å². The summed E-state index contributed by atoms with van der Waals surface area (Å²) in [6.07, 6.45) is 5.62. The standard InChI is InChI=1S/2C23H19.C2H7Si.2CH3.Zr/c2*1-17-9-3-6-12-20(17)23(21-13-7-4-10-18(21)2)16-15-19-11-5-8-14-22(19)23;1-3-2;;;/h2*3-14,16H,1-2H3;3H,1-2H3;2*1H3;. The van der Waals surface area contributed by atoms with Gasteiger partial charge in [-0.25, -0.2) is 0 Å². The molecule has 0 saturated carbocycles. The predicted molar refractivity (Wildman–Crippen MR) is 224 cm³/mol. The maximum atomic E-state index is 2.82. The fourth-order valence-corrected chi connectivity index (χ4v) is 32.5. The van der Waals surface area contributed by atoms with Crippen molar-refractivity contribution in [1.82, 2.24) is 0 Å². The van der Waals surface area contributed by atoms with Crippen LogP contribution >= 0.6 is 0 Å². The molecule has 0 nitrogen and oxygen atoms in total. The van der Waals surface area contributed by atoms with E-state index in [1.165, 1.54) is 66.8 Å². The Morgan fingerprint density at radius 2 is 0.615 bits per heavy atom. The second kappa shape index (κ2) is 12.5. The summed E-state index contributed by atoms with van der Waals surface area (Å²) in [6.45, 7) is 14.6. The van der Waals surface area contributed by atoms with Gasteiger partial charge in [-0.3, -0.25) is 0 Å². The van der Waals surface area contributed by atoms with Crippen LogP contribution in [0.3, 0.4) is 0 Å². The molecule has 0 aliphatic heterocycles. The van der Waals surface area contributed by atoms with Crippen molar-refractivity contribution < 1.29 is 17.9 Å². The molecule has 2 aliphatic carbocycles. The molecule has 0 heterocycles. The summed E-state index contributed by atoms with van der Waals surface area (Å²) in [5, 5.41) is 0. The average molecular weight is 771 g/mol. The number of allylic oxidation sites excluding steroid dienone is 2. The zero-order chi connectivity index (χ0) is 36.5. The number of rotatable bonds is 7. The molecule has 0 saturated heterocycles. The van der Waals surface area contributed by atoms with Gasteiger partial charge in [-0.05, 0) is 0 Å². The van der Waals surface area contributed by atoms with E-state index in [-0.39, 0.29) is 10.8 Å². The number of hydrogen-bond donors (Lipinski definition) is 0. The second-order valence-corrected chi connectivity index (χ2v) is 52.7. The van der Waals surface area contributed by atoms with Crippen LogP contribution in [0.2, 0.25) is 22.4 Å². The van der Waals surface area contributed by atoms with Crippen LogP contribution in [0, 0.1) is 27.7 Å². The van der Waals surface area contributed by atoms with Crippen LogP contribution in [-0.2, 0) is 28.8 Å². The number of fused-ring (bicyclic) bond motifs is 2. The van der Waals surface area contributed by atoms with Crippen molar-refractivity contribution in [2.24, 2.45) is 0 Å². The van der Waals surface area contributed by atoms with E-state index in [0.29, 0.717) is 0 Å². The summed E-state index contributed by atoms with van der Waals surface area (Å²) >= 11 is -4.25. The Morgan fingerprint density at radius 1 is 0.365 bits per heavy atom.